The molecule has 0 spiro atoms. The molecule has 0 radical (unpaired) electrons. The summed E-state index contributed by atoms with van der Waals surface area (Å²) in [6.45, 7) is 8.26. The molecule has 40 valence electrons. The molecular formula is C5H4N2O. The van der Waals surface area contributed by atoms with Gasteiger partial charge in [-0.15, -0.1) is 0 Å². The van der Waals surface area contributed by atoms with E-state index in [0.717, 1.165) is 0 Å². The van der Waals surface area contributed by atoms with E-state index in [1.165, 1.54) is 6.26 Å². The average Bonchev–Trinajstić information content (AvgIpc) is 2.14. The van der Waals surface area contributed by atoms with Crippen LogP contribution in [0.1, 0.15) is 5.69 Å². The molecule has 0 fully saturated rings. The molecule has 0 aliphatic heterocycles. The molecule has 0 aromatic carbocycles. The lowest BCUT2D eigenvalue weighted by molar-refractivity contribution is 0.415. The van der Waals surface area contributed by atoms with Crippen LogP contribution in [0.2, 0.25) is 0 Å². The zero-order chi connectivity index (χ0) is 5.98. The molecule has 0 aliphatic rings. The molecule has 0 saturated heterocycles. The quantitative estimate of drug-likeness (QED) is 0.472. The summed E-state index contributed by atoms with van der Waals surface area (Å²) in [5.41, 5.74) is 1.14. The van der Waals surface area contributed by atoms with E-state index in [1.807, 2.05) is 0 Å². The van der Waals surface area contributed by atoms with E-state index in [0.29, 0.717) is 11.4 Å². The van der Waals surface area contributed by atoms with Crippen molar-refractivity contribution in [2.45, 2.75) is 6.92 Å². The molecule has 0 saturated carbocycles. The van der Waals surface area contributed by atoms with Crippen molar-refractivity contribution in [1.82, 2.24) is 5.16 Å². The van der Waals surface area contributed by atoms with E-state index >= 15 is 0 Å². The summed E-state index contributed by atoms with van der Waals surface area (Å²) in [7, 11) is 0. The highest BCUT2D eigenvalue weighted by atomic mass is 16.5. The molecule has 1 heterocycles. The van der Waals surface area contributed by atoms with Crippen LogP contribution in [0.3, 0.4) is 0 Å². The Hall–Kier alpha value is -1.30. The van der Waals surface area contributed by atoms with Gasteiger partial charge in [0, 0.05) is 0 Å². The van der Waals surface area contributed by atoms with Crippen LogP contribution in [-0.2, 0) is 0 Å². The van der Waals surface area contributed by atoms with Gasteiger partial charge in [0.1, 0.15) is 6.26 Å². The van der Waals surface area contributed by atoms with Crippen molar-refractivity contribution >= 4 is 5.69 Å². The molecule has 0 unspecified atom stereocenters. The Morgan fingerprint density at radius 3 is 2.88 bits per heavy atom. The summed E-state index contributed by atoms with van der Waals surface area (Å²) in [6, 6.07) is 0. The van der Waals surface area contributed by atoms with Gasteiger partial charge in [0.25, 0.3) is 0 Å². The van der Waals surface area contributed by atoms with Gasteiger partial charge in [0.05, 0.1) is 12.3 Å². The van der Waals surface area contributed by atoms with Gasteiger partial charge in [-0.05, 0) is 6.92 Å². The second kappa shape index (κ2) is 1.66. The fraction of sp³-hybridized carbons (Fsp3) is 0.200. The molecular weight excluding hydrogens is 104 g/mol. The SMILES string of the molecule is [C-]#[N+]c1conc1C. The number of hydrogen-bond donors (Lipinski definition) is 0. The van der Waals surface area contributed by atoms with Crippen LogP contribution in [-0.4, -0.2) is 5.16 Å². The number of aromatic nitrogens is 1. The summed E-state index contributed by atoms with van der Waals surface area (Å²) >= 11 is 0. The molecule has 8 heavy (non-hydrogen) atoms. The number of hydrogen-bond acceptors (Lipinski definition) is 2. The van der Waals surface area contributed by atoms with Crippen molar-refractivity contribution in [3.05, 3.63) is 23.4 Å². The van der Waals surface area contributed by atoms with Crippen molar-refractivity contribution in [1.29, 1.82) is 0 Å². The highest BCUT2D eigenvalue weighted by Crippen LogP contribution is 2.14. The Labute approximate surface area is 46.7 Å². The largest absolute Gasteiger partial charge is 0.377 e. The Morgan fingerprint density at radius 2 is 2.62 bits per heavy atom. The third kappa shape index (κ3) is 0.562. The fourth-order valence-corrected chi connectivity index (χ4v) is 0.395. The predicted molar refractivity (Wildman–Crippen MR) is 27.5 cm³/mol. The zero-order valence-corrected chi connectivity index (χ0v) is 4.38. The Balaban J connectivity index is 3.15. The smallest absolute Gasteiger partial charge is 0.248 e. The molecule has 1 rings (SSSR count). The third-order valence-corrected chi connectivity index (χ3v) is 0.845. The van der Waals surface area contributed by atoms with Crippen LogP contribution >= 0.6 is 0 Å². The first-order chi connectivity index (χ1) is 3.84. The van der Waals surface area contributed by atoms with E-state index in [9.17, 15) is 0 Å². The zero-order valence-electron chi connectivity index (χ0n) is 4.38. The summed E-state index contributed by atoms with van der Waals surface area (Å²) in [4.78, 5) is 3.12. The molecule has 1 aromatic heterocycles. The van der Waals surface area contributed by atoms with Crippen LogP contribution < -0.4 is 0 Å². The van der Waals surface area contributed by atoms with Gasteiger partial charge in [-0.25, -0.2) is 4.85 Å². The van der Waals surface area contributed by atoms with E-state index in [4.69, 9.17) is 6.57 Å². The van der Waals surface area contributed by atoms with E-state index in [-0.39, 0.29) is 0 Å². The Kier molecular flexibility index (Phi) is 1.01. The third-order valence-electron chi connectivity index (χ3n) is 0.845. The first-order valence-electron chi connectivity index (χ1n) is 2.13. The second-order valence-electron chi connectivity index (χ2n) is 1.40. The molecule has 0 aliphatic carbocycles. The summed E-state index contributed by atoms with van der Waals surface area (Å²) in [5, 5.41) is 3.50. The normalized spacial score (nSPS) is 8.50. The Bertz CT molecular complexity index is 221. The van der Waals surface area contributed by atoms with Crippen LogP contribution in [0.4, 0.5) is 5.69 Å². The lowest BCUT2D eigenvalue weighted by atomic mass is 10.4. The molecule has 0 bridgehead atoms. The number of nitrogens with zero attached hydrogens (tertiary/aromatic N) is 2. The van der Waals surface area contributed by atoms with Gasteiger partial charge in [0.15, 0.2) is 0 Å². The van der Waals surface area contributed by atoms with Gasteiger partial charge < -0.3 is 4.52 Å². The van der Waals surface area contributed by atoms with E-state index < -0.39 is 0 Å². The topological polar surface area (TPSA) is 30.4 Å². The highest BCUT2D eigenvalue weighted by Gasteiger charge is 1.97. The van der Waals surface area contributed by atoms with Crippen LogP contribution in [0.5, 0.6) is 0 Å². The van der Waals surface area contributed by atoms with Crippen molar-refractivity contribution in [3.8, 4) is 0 Å². The molecule has 3 nitrogen and oxygen atoms in total. The average molecular weight is 108 g/mol. The van der Waals surface area contributed by atoms with Crippen molar-refractivity contribution in [2.75, 3.05) is 0 Å². The molecule has 0 amide bonds. The van der Waals surface area contributed by atoms with Gasteiger partial charge in [-0.1, -0.05) is 5.16 Å². The maximum atomic E-state index is 6.53. The van der Waals surface area contributed by atoms with E-state index in [2.05, 4.69) is 14.5 Å². The van der Waals surface area contributed by atoms with E-state index in [1.54, 1.807) is 6.92 Å². The van der Waals surface area contributed by atoms with Crippen molar-refractivity contribution < 1.29 is 4.52 Å². The molecule has 1 aromatic rings. The minimum absolute atomic E-state index is 0.491. The first kappa shape index (κ1) is 4.85. The highest BCUT2D eigenvalue weighted by molar-refractivity contribution is 5.44. The van der Waals surface area contributed by atoms with Gasteiger partial charge in [0.2, 0.25) is 5.69 Å². The minimum Gasteiger partial charge on any atom is -0.377 e. The van der Waals surface area contributed by atoms with Gasteiger partial charge >= 0.3 is 0 Å². The maximum Gasteiger partial charge on any atom is 0.248 e. The predicted octanol–water partition coefficient (Wildman–Crippen LogP) is 1.53. The Morgan fingerprint density at radius 1 is 1.88 bits per heavy atom. The lowest BCUT2D eigenvalue weighted by Gasteiger charge is -1.72. The van der Waals surface area contributed by atoms with Crippen LogP contribution in [0.15, 0.2) is 10.8 Å². The fourth-order valence-electron chi connectivity index (χ4n) is 0.395. The van der Waals surface area contributed by atoms with Crippen molar-refractivity contribution in [2.24, 2.45) is 0 Å². The standard InChI is InChI=1S/C5H4N2O/c1-4-5(6-2)3-8-7-4/h3H,1H3. The summed E-state index contributed by atoms with van der Waals surface area (Å²) < 4.78 is 4.47. The van der Waals surface area contributed by atoms with Gasteiger partial charge in [-0.3, -0.25) is 0 Å². The monoisotopic (exact) mass is 108 g/mol. The number of aryl methyl sites for hydroxylation is 1. The van der Waals surface area contributed by atoms with Crippen molar-refractivity contribution in [3.63, 3.8) is 0 Å². The van der Waals surface area contributed by atoms with Gasteiger partial charge in [-0.2, -0.15) is 0 Å². The minimum atomic E-state index is 0.491. The lowest BCUT2D eigenvalue weighted by Crippen LogP contribution is -1.62. The summed E-state index contributed by atoms with van der Waals surface area (Å²) in [6.07, 6.45) is 1.34. The second-order valence-corrected chi connectivity index (χ2v) is 1.40. The summed E-state index contributed by atoms with van der Waals surface area (Å²) in [5.74, 6) is 0. The van der Waals surface area contributed by atoms with Crippen LogP contribution in [0.25, 0.3) is 4.85 Å². The molecule has 3 heteroatoms. The molecule has 0 N–H and O–H groups in total. The maximum absolute atomic E-state index is 6.53. The number of rotatable bonds is 0. The first-order valence-corrected chi connectivity index (χ1v) is 2.13. The van der Waals surface area contributed by atoms with Crippen LogP contribution in [0, 0.1) is 13.5 Å². The molecule has 0 atom stereocenters.